The molecule has 1 aromatic heterocycles. The molecule has 0 fully saturated rings. The summed E-state index contributed by atoms with van der Waals surface area (Å²) in [4.78, 5) is 3.54. The molecule has 5 heteroatoms. The first-order chi connectivity index (χ1) is 7.58. The lowest BCUT2D eigenvalue weighted by molar-refractivity contribution is 0.584. The second-order valence-electron chi connectivity index (χ2n) is 3.12. The molecular weight excluding hydrogens is 271 g/mol. The van der Waals surface area contributed by atoms with Crippen LogP contribution in [0.3, 0.4) is 0 Å². The molecule has 2 aromatic rings. The molecule has 0 unspecified atom stereocenters. The van der Waals surface area contributed by atoms with Crippen LogP contribution in [0.4, 0.5) is 4.39 Å². The van der Waals surface area contributed by atoms with Crippen LogP contribution in [0, 0.1) is 5.95 Å². The molecule has 0 atom stereocenters. The second kappa shape index (κ2) is 4.58. The maximum absolute atomic E-state index is 12.7. The molecule has 0 N–H and O–H groups in total. The van der Waals surface area contributed by atoms with E-state index in [1.807, 2.05) is 0 Å². The van der Waals surface area contributed by atoms with E-state index in [-0.39, 0.29) is 0 Å². The molecule has 1 heterocycles. The molecule has 0 aliphatic rings. The highest BCUT2D eigenvalue weighted by atomic mass is 35.5. The summed E-state index contributed by atoms with van der Waals surface area (Å²) in [6, 6.07) is 6.02. The van der Waals surface area contributed by atoms with Crippen molar-refractivity contribution in [1.29, 1.82) is 0 Å². The fourth-order valence-electron chi connectivity index (χ4n) is 1.30. The lowest BCUT2D eigenvalue weighted by Gasteiger charge is -2.06. The van der Waals surface area contributed by atoms with Gasteiger partial charge in [0.1, 0.15) is 0 Å². The smallest absolute Gasteiger partial charge is 0.212 e. The summed E-state index contributed by atoms with van der Waals surface area (Å²) in [6.07, 6.45) is 1.38. The molecule has 0 aliphatic carbocycles. The van der Waals surface area contributed by atoms with E-state index in [1.165, 1.54) is 12.3 Å². The number of halogens is 4. The van der Waals surface area contributed by atoms with Gasteiger partial charge >= 0.3 is 0 Å². The zero-order valence-corrected chi connectivity index (χ0v) is 10.1. The first kappa shape index (κ1) is 11.6. The van der Waals surface area contributed by atoms with Gasteiger partial charge in [0.25, 0.3) is 0 Å². The Morgan fingerprint density at radius 1 is 1.06 bits per heavy atom. The van der Waals surface area contributed by atoms with Crippen LogP contribution >= 0.6 is 34.8 Å². The van der Waals surface area contributed by atoms with Crippen LogP contribution in [0.1, 0.15) is 0 Å². The van der Waals surface area contributed by atoms with Crippen LogP contribution < -0.4 is 0 Å². The first-order valence-corrected chi connectivity index (χ1v) is 5.48. The first-order valence-electron chi connectivity index (χ1n) is 4.34. The third kappa shape index (κ3) is 2.29. The summed E-state index contributed by atoms with van der Waals surface area (Å²) >= 11 is 17.8. The Balaban J connectivity index is 2.59. The Morgan fingerprint density at radius 3 is 2.44 bits per heavy atom. The van der Waals surface area contributed by atoms with Gasteiger partial charge in [-0.25, -0.2) is 4.98 Å². The summed E-state index contributed by atoms with van der Waals surface area (Å²) in [5.74, 6) is -0.548. The van der Waals surface area contributed by atoms with E-state index in [9.17, 15) is 4.39 Å². The molecule has 1 aromatic carbocycles. The number of nitrogens with zero attached hydrogens (tertiary/aromatic N) is 1. The molecule has 0 aliphatic heterocycles. The topological polar surface area (TPSA) is 12.9 Å². The van der Waals surface area contributed by atoms with E-state index in [0.29, 0.717) is 26.2 Å². The van der Waals surface area contributed by atoms with Gasteiger partial charge in [0.05, 0.1) is 10.0 Å². The number of pyridine rings is 1. The third-order valence-corrected chi connectivity index (χ3v) is 3.05. The van der Waals surface area contributed by atoms with E-state index in [2.05, 4.69) is 4.98 Å². The van der Waals surface area contributed by atoms with Crippen molar-refractivity contribution in [3.05, 3.63) is 51.5 Å². The number of rotatable bonds is 1. The van der Waals surface area contributed by atoms with Crippen LogP contribution in [0.25, 0.3) is 11.1 Å². The number of hydrogen-bond acceptors (Lipinski definition) is 1. The molecule has 0 amide bonds. The fourth-order valence-corrected chi connectivity index (χ4v) is 2.01. The Labute approximate surface area is 107 Å². The van der Waals surface area contributed by atoms with Crippen molar-refractivity contribution >= 4 is 34.8 Å². The van der Waals surface area contributed by atoms with Crippen LogP contribution in [-0.2, 0) is 0 Å². The van der Waals surface area contributed by atoms with Crippen LogP contribution in [0.15, 0.2) is 30.5 Å². The highest BCUT2D eigenvalue weighted by Crippen LogP contribution is 2.36. The van der Waals surface area contributed by atoms with E-state index in [0.717, 1.165) is 0 Å². The Kier molecular flexibility index (Phi) is 3.33. The maximum atomic E-state index is 12.7. The summed E-state index contributed by atoms with van der Waals surface area (Å²) in [6.45, 7) is 0. The van der Waals surface area contributed by atoms with Crippen LogP contribution in [-0.4, -0.2) is 4.98 Å². The van der Waals surface area contributed by atoms with Crippen LogP contribution in [0.2, 0.25) is 15.1 Å². The zero-order chi connectivity index (χ0) is 11.7. The van der Waals surface area contributed by atoms with Crippen molar-refractivity contribution in [2.45, 2.75) is 0 Å². The molecule has 16 heavy (non-hydrogen) atoms. The van der Waals surface area contributed by atoms with Crippen molar-refractivity contribution in [2.24, 2.45) is 0 Å². The molecule has 0 radical (unpaired) electrons. The van der Waals surface area contributed by atoms with E-state index in [4.69, 9.17) is 34.8 Å². The predicted molar refractivity (Wildman–Crippen MR) is 64.7 cm³/mol. The van der Waals surface area contributed by atoms with E-state index >= 15 is 0 Å². The van der Waals surface area contributed by atoms with Crippen molar-refractivity contribution in [3.8, 4) is 11.1 Å². The third-order valence-electron chi connectivity index (χ3n) is 2.03. The molecule has 0 spiro atoms. The van der Waals surface area contributed by atoms with Gasteiger partial charge < -0.3 is 0 Å². The van der Waals surface area contributed by atoms with Crippen LogP contribution in [0.5, 0.6) is 0 Å². The Hall–Kier alpha value is -0.830. The second-order valence-corrected chi connectivity index (χ2v) is 4.34. The molecule has 2 rings (SSSR count). The van der Waals surface area contributed by atoms with Gasteiger partial charge in [-0.1, -0.05) is 34.8 Å². The predicted octanol–water partition coefficient (Wildman–Crippen LogP) is 4.85. The normalized spacial score (nSPS) is 10.5. The minimum absolute atomic E-state index is 0.355. The summed E-state index contributed by atoms with van der Waals surface area (Å²) in [7, 11) is 0. The van der Waals surface area contributed by atoms with E-state index < -0.39 is 5.95 Å². The lowest BCUT2D eigenvalue weighted by atomic mass is 10.1. The maximum Gasteiger partial charge on any atom is 0.212 e. The van der Waals surface area contributed by atoms with E-state index in [1.54, 1.807) is 18.2 Å². The fraction of sp³-hybridized carbons (Fsp3) is 0. The number of benzene rings is 1. The molecule has 1 nitrogen and oxygen atoms in total. The number of aromatic nitrogens is 1. The molecule has 0 saturated heterocycles. The highest BCUT2D eigenvalue weighted by molar-refractivity contribution is 6.45. The van der Waals surface area contributed by atoms with Gasteiger partial charge in [-0.15, -0.1) is 0 Å². The molecular formula is C11H5Cl3FN. The largest absolute Gasteiger partial charge is 0.228 e. The average molecular weight is 277 g/mol. The van der Waals surface area contributed by atoms with Gasteiger partial charge in [-0.3, -0.25) is 0 Å². The zero-order valence-electron chi connectivity index (χ0n) is 7.85. The van der Waals surface area contributed by atoms with Gasteiger partial charge in [-0.2, -0.15) is 4.39 Å². The van der Waals surface area contributed by atoms with Crippen molar-refractivity contribution in [2.75, 3.05) is 0 Å². The lowest BCUT2D eigenvalue weighted by Crippen LogP contribution is -1.85. The van der Waals surface area contributed by atoms with Gasteiger partial charge in [0.2, 0.25) is 5.95 Å². The molecule has 0 bridgehead atoms. The molecule has 82 valence electrons. The highest BCUT2D eigenvalue weighted by Gasteiger charge is 2.09. The van der Waals surface area contributed by atoms with Crippen molar-refractivity contribution in [3.63, 3.8) is 0 Å². The monoisotopic (exact) mass is 275 g/mol. The van der Waals surface area contributed by atoms with Gasteiger partial charge in [0, 0.05) is 22.3 Å². The summed E-state index contributed by atoms with van der Waals surface area (Å²) in [5, 5.41) is 1.20. The Morgan fingerprint density at radius 2 is 1.81 bits per heavy atom. The standard InChI is InChI=1S/C11H5Cl3FN/c12-7-3-8(11(14)9(13)4-7)6-1-2-10(15)16-5-6/h1-5H. The SMILES string of the molecule is Fc1ccc(-c2cc(Cl)cc(Cl)c2Cl)cn1. The summed E-state index contributed by atoms with van der Waals surface area (Å²) in [5.41, 5.74) is 1.29. The van der Waals surface area contributed by atoms with Gasteiger partial charge in [-0.05, 0) is 24.3 Å². The minimum Gasteiger partial charge on any atom is -0.228 e. The number of hydrogen-bond donors (Lipinski definition) is 0. The molecule has 0 saturated carbocycles. The Bertz CT molecular complexity index is 525. The van der Waals surface area contributed by atoms with Gasteiger partial charge in [0.15, 0.2) is 0 Å². The van der Waals surface area contributed by atoms with Crippen molar-refractivity contribution in [1.82, 2.24) is 4.98 Å². The van der Waals surface area contributed by atoms with Crippen molar-refractivity contribution < 1.29 is 4.39 Å². The minimum atomic E-state index is -0.548. The quantitative estimate of drug-likeness (QED) is 0.536. The summed E-state index contributed by atoms with van der Waals surface area (Å²) < 4.78 is 12.7. The average Bonchev–Trinajstić information content (AvgIpc) is 2.25.